The number of nitrogens with zero attached hydrogens (tertiary/aromatic N) is 4. The van der Waals surface area contributed by atoms with Crippen molar-refractivity contribution in [2.75, 3.05) is 26.2 Å². The number of halogens is 1. The summed E-state index contributed by atoms with van der Waals surface area (Å²) in [5.74, 6) is 1.40. The predicted molar refractivity (Wildman–Crippen MR) is 146 cm³/mol. The van der Waals surface area contributed by atoms with E-state index < -0.39 is 0 Å². The Kier molecular flexibility index (Phi) is 7.65. The Morgan fingerprint density at radius 1 is 1.00 bits per heavy atom. The lowest BCUT2D eigenvalue weighted by Crippen LogP contribution is -2.48. The number of fused-ring (bicyclic) bond motifs is 1. The van der Waals surface area contributed by atoms with Gasteiger partial charge in [-0.05, 0) is 62.4 Å². The Morgan fingerprint density at radius 2 is 1.76 bits per heavy atom. The van der Waals surface area contributed by atoms with E-state index in [1.165, 1.54) is 11.1 Å². The maximum atomic E-state index is 13.6. The SMILES string of the molecule is Cc1ncc(C(=O)N2CCC(COc3cccc(Cl)c3)(CC(=O)N3CCc4ccccc4C3)CC2)c(C)n1. The summed E-state index contributed by atoms with van der Waals surface area (Å²) >= 11 is 6.17. The first-order valence-corrected chi connectivity index (χ1v) is 13.5. The molecule has 2 aliphatic rings. The zero-order valence-corrected chi connectivity index (χ0v) is 22.7. The number of likely N-dealkylation sites (tertiary alicyclic amines) is 1. The molecule has 2 aromatic carbocycles. The van der Waals surface area contributed by atoms with E-state index in [1.54, 1.807) is 12.3 Å². The molecule has 3 aromatic rings. The highest BCUT2D eigenvalue weighted by atomic mass is 35.5. The molecular weight excluding hydrogens is 500 g/mol. The number of benzene rings is 2. The van der Waals surface area contributed by atoms with Crippen molar-refractivity contribution in [3.8, 4) is 5.75 Å². The van der Waals surface area contributed by atoms with Crippen molar-refractivity contribution in [1.29, 1.82) is 0 Å². The van der Waals surface area contributed by atoms with Gasteiger partial charge in [0.1, 0.15) is 11.6 Å². The fourth-order valence-electron chi connectivity index (χ4n) is 5.45. The first kappa shape index (κ1) is 26.2. The number of hydrogen-bond donors (Lipinski definition) is 0. The van der Waals surface area contributed by atoms with Crippen molar-refractivity contribution in [3.63, 3.8) is 0 Å². The van der Waals surface area contributed by atoms with Gasteiger partial charge < -0.3 is 14.5 Å². The molecule has 0 saturated carbocycles. The zero-order chi connectivity index (χ0) is 26.7. The van der Waals surface area contributed by atoms with Crippen LogP contribution in [0.3, 0.4) is 0 Å². The molecule has 8 heteroatoms. The van der Waals surface area contributed by atoms with E-state index in [4.69, 9.17) is 16.3 Å². The Labute approximate surface area is 228 Å². The standard InChI is InChI=1S/C30H33ClN4O3/c1-21-27(18-32-22(2)33-21)29(37)34-14-11-30(12-15-34,20-38-26-9-5-8-25(31)16-26)17-28(36)35-13-10-23-6-3-4-7-24(23)19-35/h3-9,16,18H,10-15,17,19-20H2,1-2H3. The van der Waals surface area contributed by atoms with Crippen molar-refractivity contribution in [1.82, 2.24) is 19.8 Å². The maximum Gasteiger partial charge on any atom is 0.257 e. The van der Waals surface area contributed by atoms with Gasteiger partial charge in [-0.3, -0.25) is 9.59 Å². The average molecular weight is 533 g/mol. The van der Waals surface area contributed by atoms with Gasteiger partial charge in [0.05, 0.1) is 17.9 Å². The van der Waals surface area contributed by atoms with E-state index in [0.717, 1.165) is 13.0 Å². The van der Waals surface area contributed by atoms with Gasteiger partial charge in [0.2, 0.25) is 5.91 Å². The summed E-state index contributed by atoms with van der Waals surface area (Å²) in [6.07, 6.45) is 4.20. The summed E-state index contributed by atoms with van der Waals surface area (Å²) in [5, 5.41) is 0.607. The molecule has 0 unspecified atom stereocenters. The van der Waals surface area contributed by atoms with Crippen LogP contribution in [0.25, 0.3) is 0 Å². The molecule has 1 saturated heterocycles. The largest absolute Gasteiger partial charge is 0.493 e. The summed E-state index contributed by atoms with van der Waals surface area (Å²) in [6.45, 7) is 6.48. The molecule has 2 aliphatic heterocycles. The van der Waals surface area contributed by atoms with Crippen LogP contribution in [0.15, 0.2) is 54.7 Å². The molecule has 0 radical (unpaired) electrons. The second-order valence-electron chi connectivity index (χ2n) is 10.5. The maximum absolute atomic E-state index is 13.6. The van der Waals surface area contributed by atoms with Crippen molar-refractivity contribution in [3.05, 3.63) is 88.0 Å². The summed E-state index contributed by atoms with van der Waals surface area (Å²) in [6, 6.07) is 15.7. The Bertz CT molecular complexity index is 1340. The second-order valence-corrected chi connectivity index (χ2v) is 10.9. The number of aromatic nitrogens is 2. The summed E-state index contributed by atoms with van der Waals surface area (Å²) in [7, 11) is 0. The quantitative estimate of drug-likeness (QED) is 0.445. The minimum atomic E-state index is -0.383. The topological polar surface area (TPSA) is 75.6 Å². The number of rotatable bonds is 6. The third-order valence-corrected chi connectivity index (χ3v) is 8.03. The number of piperidine rings is 1. The van der Waals surface area contributed by atoms with Crippen LogP contribution in [0.5, 0.6) is 5.75 Å². The third-order valence-electron chi connectivity index (χ3n) is 7.79. The van der Waals surface area contributed by atoms with Crippen LogP contribution < -0.4 is 4.74 Å². The monoisotopic (exact) mass is 532 g/mol. The van der Waals surface area contributed by atoms with Gasteiger partial charge in [-0.1, -0.05) is 41.9 Å². The summed E-state index contributed by atoms with van der Waals surface area (Å²) < 4.78 is 6.21. The van der Waals surface area contributed by atoms with Gasteiger partial charge in [-0.15, -0.1) is 0 Å². The van der Waals surface area contributed by atoms with Crippen LogP contribution in [0.1, 0.15) is 52.3 Å². The highest BCUT2D eigenvalue weighted by Gasteiger charge is 2.40. The first-order valence-electron chi connectivity index (χ1n) is 13.1. The molecule has 2 amide bonds. The minimum Gasteiger partial charge on any atom is -0.493 e. The van der Waals surface area contributed by atoms with Crippen LogP contribution in [0, 0.1) is 19.3 Å². The van der Waals surface area contributed by atoms with Crippen LogP contribution in [0.4, 0.5) is 0 Å². The van der Waals surface area contributed by atoms with E-state index in [2.05, 4.69) is 28.2 Å². The lowest BCUT2D eigenvalue weighted by atomic mass is 9.75. The van der Waals surface area contributed by atoms with Gasteiger partial charge in [0.15, 0.2) is 0 Å². The molecule has 0 aliphatic carbocycles. The molecule has 0 N–H and O–H groups in total. The third kappa shape index (κ3) is 5.83. The minimum absolute atomic E-state index is 0.0641. The lowest BCUT2D eigenvalue weighted by molar-refractivity contribution is -0.136. The molecule has 38 heavy (non-hydrogen) atoms. The normalized spacial score (nSPS) is 16.6. The van der Waals surface area contributed by atoms with Gasteiger partial charge >= 0.3 is 0 Å². The van der Waals surface area contributed by atoms with Gasteiger partial charge in [0, 0.05) is 49.2 Å². The van der Waals surface area contributed by atoms with E-state index >= 15 is 0 Å². The fraction of sp³-hybridized carbons (Fsp3) is 0.400. The molecule has 5 rings (SSSR count). The van der Waals surface area contributed by atoms with Crippen molar-refractivity contribution in [2.45, 2.75) is 46.1 Å². The predicted octanol–water partition coefficient (Wildman–Crippen LogP) is 5.02. The Hall–Kier alpha value is -3.45. The summed E-state index contributed by atoms with van der Waals surface area (Å²) in [5.41, 5.74) is 3.36. The van der Waals surface area contributed by atoms with Crippen LogP contribution in [-0.4, -0.2) is 57.8 Å². The number of carbonyl (C=O) groups excluding carboxylic acids is 2. The number of amides is 2. The molecule has 3 heterocycles. The molecule has 0 bridgehead atoms. The number of carbonyl (C=O) groups is 2. The molecule has 1 fully saturated rings. The molecule has 7 nitrogen and oxygen atoms in total. The number of ether oxygens (including phenoxy) is 1. The highest BCUT2D eigenvalue weighted by molar-refractivity contribution is 6.30. The number of aryl methyl sites for hydroxylation is 2. The van der Waals surface area contributed by atoms with E-state index in [1.807, 2.05) is 47.9 Å². The molecule has 0 spiro atoms. The summed E-state index contributed by atoms with van der Waals surface area (Å²) in [4.78, 5) is 39.3. The smallest absolute Gasteiger partial charge is 0.257 e. The van der Waals surface area contributed by atoms with E-state index in [0.29, 0.717) is 73.4 Å². The first-order chi connectivity index (χ1) is 18.3. The van der Waals surface area contributed by atoms with Crippen molar-refractivity contribution < 1.29 is 14.3 Å². The molecule has 0 atom stereocenters. The van der Waals surface area contributed by atoms with Crippen LogP contribution in [-0.2, 0) is 17.8 Å². The molecule has 1 aromatic heterocycles. The Balaban J connectivity index is 1.30. The zero-order valence-electron chi connectivity index (χ0n) is 22.0. The van der Waals surface area contributed by atoms with E-state index in [-0.39, 0.29) is 17.2 Å². The Morgan fingerprint density at radius 3 is 2.50 bits per heavy atom. The van der Waals surface area contributed by atoms with Crippen molar-refractivity contribution >= 4 is 23.4 Å². The number of hydrogen-bond acceptors (Lipinski definition) is 5. The highest BCUT2D eigenvalue weighted by Crippen LogP contribution is 2.38. The van der Waals surface area contributed by atoms with E-state index in [9.17, 15) is 9.59 Å². The van der Waals surface area contributed by atoms with Gasteiger partial charge in [0.25, 0.3) is 5.91 Å². The fourth-order valence-corrected chi connectivity index (χ4v) is 5.63. The van der Waals surface area contributed by atoms with Crippen LogP contribution in [0.2, 0.25) is 5.02 Å². The van der Waals surface area contributed by atoms with Gasteiger partial charge in [-0.25, -0.2) is 9.97 Å². The average Bonchev–Trinajstić information content (AvgIpc) is 2.92. The van der Waals surface area contributed by atoms with Gasteiger partial charge in [-0.2, -0.15) is 0 Å². The molecular formula is C30H33ClN4O3. The second kappa shape index (κ2) is 11.1. The molecule has 198 valence electrons. The van der Waals surface area contributed by atoms with Crippen molar-refractivity contribution in [2.24, 2.45) is 5.41 Å². The van der Waals surface area contributed by atoms with Crippen LogP contribution >= 0.6 is 11.6 Å². The lowest BCUT2D eigenvalue weighted by Gasteiger charge is -2.42.